The lowest BCUT2D eigenvalue weighted by atomic mass is 10.1. The average Bonchev–Trinajstić information content (AvgIpc) is 1.97. The number of rotatable bonds is 1. The summed E-state index contributed by atoms with van der Waals surface area (Å²) in [5.74, 6) is -0.889. The summed E-state index contributed by atoms with van der Waals surface area (Å²) in [6.45, 7) is 1.36. The minimum Gasteiger partial charge on any atom is -0.507 e. The van der Waals surface area contributed by atoms with Crippen LogP contribution in [-0.2, 0) is 0 Å². The van der Waals surface area contributed by atoms with E-state index in [1.165, 1.54) is 6.92 Å². The molecule has 0 fully saturated rings. The van der Waals surface area contributed by atoms with Crippen molar-refractivity contribution in [2.75, 3.05) is 0 Å². The van der Waals surface area contributed by atoms with Gasteiger partial charge in [0.2, 0.25) is 0 Å². The van der Waals surface area contributed by atoms with Gasteiger partial charge in [-0.05, 0) is 24.6 Å². The first kappa shape index (κ1) is 8.96. The molecule has 0 aliphatic heterocycles. The predicted molar refractivity (Wildman–Crippen MR) is 40.0 cm³/mol. The van der Waals surface area contributed by atoms with Crippen molar-refractivity contribution in [2.24, 2.45) is 0 Å². The highest BCUT2D eigenvalue weighted by molar-refractivity contribution is 5.40. The van der Waals surface area contributed by atoms with Gasteiger partial charge in [0.25, 0.3) is 0 Å². The van der Waals surface area contributed by atoms with Crippen LogP contribution in [0, 0.1) is 12.7 Å². The van der Waals surface area contributed by atoms with E-state index >= 15 is 0 Å². The molecule has 0 radical (unpaired) electrons. The molecule has 0 unspecified atom stereocenters. The van der Waals surface area contributed by atoms with Crippen LogP contribution >= 0.6 is 0 Å². The minimum atomic E-state index is -1.85. The normalized spacial score (nSPS) is 10.8. The largest absolute Gasteiger partial charge is 0.507 e. The molecule has 0 bridgehead atoms. The molecule has 0 aliphatic rings. The molecule has 0 amide bonds. The van der Waals surface area contributed by atoms with Crippen LogP contribution in [0.15, 0.2) is 12.1 Å². The summed E-state index contributed by atoms with van der Waals surface area (Å²) in [6, 6.07) is 2.15. The van der Waals surface area contributed by atoms with Crippen molar-refractivity contribution in [3.05, 3.63) is 29.1 Å². The van der Waals surface area contributed by atoms with Gasteiger partial charge >= 0.3 is 0 Å². The van der Waals surface area contributed by atoms with E-state index in [2.05, 4.69) is 0 Å². The molecule has 0 saturated carbocycles. The molecule has 0 spiro atoms. The van der Waals surface area contributed by atoms with Crippen LogP contribution < -0.4 is 0 Å². The Hall–Kier alpha value is -1.13. The first-order valence-corrected chi connectivity index (χ1v) is 3.38. The zero-order valence-electron chi connectivity index (χ0n) is 6.45. The third-order valence-corrected chi connectivity index (χ3v) is 1.68. The van der Waals surface area contributed by atoms with Crippen LogP contribution in [0.2, 0.25) is 0 Å². The SMILES string of the molecule is Cc1c(F)ccc(O)c1C(O)O. The molecule has 1 rings (SSSR count). The fourth-order valence-electron chi connectivity index (χ4n) is 1.01. The third-order valence-electron chi connectivity index (χ3n) is 1.68. The number of aliphatic hydroxyl groups excluding tert-OH is 1. The molecule has 4 heteroatoms. The van der Waals surface area contributed by atoms with Crippen molar-refractivity contribution < 1.29 is 19.7 Å². The maximum absolute atomic E-state index is 12.8. The van der Waals surface area contributed by atoms with E-state index in [1.54, 1.807) is 0 Å². The highest BCUT2D eigenvalue weighted by atomic mass is 19.1. The second-order valence-electron chi connectivity index (χ2n) is 2.48. The quantitative estimate of drug-likeness (QED) is 0.549. The summed E-state index contributed by atoms with van der Waals surface area (Å²) in [4.78, 5) is 0. The van der Waals surface area contributed by atoms with Crippen molar-refractivity contribution >= 4 is 0 Å². The van der Waals surface area contributed by atoms with Crippen LogP contribution in [0.4, 0.5) is 4.39 Å². The summed E-state index contributed by atoms with van der Waals surface area (Å²) >= 11 is 0. The molecule has 1 aromatic carbocycles. The van der Waals surface area contributed by atoms with Crippen LogP contribution in [0.25, 0.3) is 0 Å². The van der Waals surface area contributed by atoms with Gasteiger partial charge < -0.3 is 15.3 Å². The molecule has 1 aromatic rings. The Morgan fingerprint density at radius 1 is 1.33 bits per heavy atom. The van der Waals surface area contributed by atoms with Crippen molar-refractivity contribution in [3.8, 4) is 5.75 Å². The molecule has 0 atom stereocenters. The second kappa shape index (κ2) is 3.08. The average molecular weight is 172 g/mol. The van der Waals surface area contributed by atoms with Gasteiger partial charge in [-0.15, -0.1) is 0 Å². The Bertz CT molecular complexity index is 297. The van der Waals surface area contributed by atoms with Crippen LogP contribution in [0.5, 0.6) is 5.75 Å². The monoisotopic (exact) mass is 172 g/mol. The van der Waals surface area contributed by atoms with Crippen molar-refractivity contribution in [3.63, 3.8) is 0 Å². The van der Waals surface area contributed by atoms with Gasteiger partial charge in [-0.1, -0.05) is 0 Å². The van der Waals surface area contributed by atoms with E-state index in [9.17, 15) is 4.39 Å². The van der Waals surface area contributed by atoms with E-state index in [1.807, 2.05) is 0 Å². The predicted octanol–water partition coefficient (Wildman–Crippen LogP) is 0.823. The second-order valence-corrected chi connectivity index (χ2v) is 2.48. The lowest BCUT2D eigenvalue weighted by Gasteiger charge is -2.10. The molecule has 0 aliphatic carbocycles. The highest BCUT2D eigenvalue weighted by Gasteiger charge is 2.14. The first-order valence-electron chi connectivity index (χ1n) is 3.38. The van der Waals surface area contributed by atoms with Crippen LogP contribution in [-0.4, -0.2) is 15.3 Å². The molecule has 3 nitrogen and oxygen atoms in total. The molecular weight excluding hydrogens is 163 g/mol. The minimum absolute atomic E-state index is 0.0463. The number of benzene rings is 1. The van der Waals surface area contributed by atoms with Gasteiger partial charge in [0.05, 0.1) is 5.56 Å². The van der Waals surface area contributed by atoms with Crippen LogP contribution in [0.1, 0.15) is 17.4 Å². The topological polar surface area (TPSA) is 60.7 Å². The van der Waals surface area contributed by atoms with Gasteiger partial charge in [0.15, 0.2) is 6.29 Å². The molecule has 66 valence electrons. The highest BCUT2D eigenvalue weighted by Crippen LogP contribution is 2.27. The smallest absolute Gasteiger partial charge is 0.182 e. The van der Waals surface area contributed by atoms with Crippen LogP contribution in [0.3, 0.4) is 0 Å². The fourth-order valence-corrected chi connectivity index (χ4v) is 1.01. The molecule has 3 N–H and O–H groups in total. The van der Waals surface area contributed by atoms with Crippen molar-refractivity contribution in [1.82, 2.24) is 0 Å². The fraction of sp³-hybridized carbons (Fsp3) is 0.250. The Kier molecular flexibility index (Phi) is 2.30. The van der Waals surface area contributed by atoms with E-state index in [-0.39, 0.29) is 16.9 Å². The number of halogens is 1. The number of aromatic hydroxyl groups is 1. The Balaban J connectivity index is 3.33. The molecule has 0 heterocycles. The van der Waals surface area contributed by atoms with Gasteiger partial charge in [-0.3, -0.25) is 0 Å². The standard InChI is InChI=1S/C8H9FO3/c1-4-5(9)2-3-6(10)7(4)8(11)12/h2-3,8,10-12H,1H3. The van der Waals surface area contributed by atoms with Crippen molar-refractivity contribution in [1.29, 1.82) is 0 Å². The number of aliphatic hydroxyl groups is 2. The van der Waals surface area contributed by atoms with Gasteiger partial charge in [-0.25, -0.2) is 4.39 Å². The summed E-state index contributed by atoms with van der Waals surface area (Å²) in [6.07, 6.45) is -1.85. The first-order chi connectivity index (χ1) is 5.54. The maximum atomic E-state index is 12.8. The van der Waals surface area contributed by atoms with E-state index in [4.69, 9.17) is 15.3 Å². The molecule has 0 saturated heterocycles. The number of hydrogen-bond acceptors (Lipinski definition) is 3. The molecule has 0 aromatic heterocycles. The molecule has 12 heavy (non-hydrogen) atoms. The number of hydrogen-bond donors (Lipinski definition) is 3. The lowest BCUT2D eigenvalue weighted by molar-refractivity contribution is -0.0445. The Labute approximate surface area is 68.7 Å². The van der Waals surface area contributed by atoms with E-state index < -0.39 is 12.1 Å². The number of phenols is 1. The number of phenolic OH excluding ortho intramolecular Hbond substituents is 1. The molecular formula is C8H9FO3. The maximum Gasteiger partial charge on any atom is 0.182 e. The third kappa shape index (κ3) is 1.39. The van der Waals surface area contributed by atoms with Gasteiger partial charge in [-0.2, -0.15) is 0 Å². The Morgan fingerprint density at radius 3 is 2.33 bits per heavy atom. The Morgan fingerprint density at radius 2 is 1.92 bits per heavy atom. The van der Waals surface area contributed by atoms with E-state index in [0.29, 0.717) is 0 Å². The zero-order valence-corrected chi connectivity index (χ0v) is 6.45. The summed E-state index contributed by atoms with van der Waals surface area (Å²) < 4.78 is 12.8. The van der Waals surface area contributed by atoms with E-state index in [0.717, 1.165) is 12.1 Å². The van der Waals surface area contributed by atoms with Gasteiger partial charge in [0, 0.05) is 0 Å². The van der Waals surface area contributed by atoms with Crippen molar-refractivity contribution in [2.45, 2.75) is 13.2 Å². The lowest BCUT2D eigenvalue weighted by Crippen LogP contribution is -2.00. The zero-order chi connectivity index (χ0) is 9.30. The van der Waals surface area contributed by atoms with Gasteiger partial charge in [0.1, 0.15) is 11.6 Å². The summed E-state index contributed by atoms with van der Waals surface area (Å²) in [5.41, 5.74) is -0.139. The summed E-state index contributed by atoms with van der Waals surface area (Å²) in [5, 5.41) is 26.6. The summed E-state index contributed by atoms with van der Waals surface area (Å²) in [7, 11) is 0.